The highest BCUT2D eigenvalue weighted by molar-refractivity contribution is 5.65. The van der Waals surface area contributed by atoms with E-state index >= 15 is 0 Å². The van der Waals surface area contributed by atoms with Crippen LogP contribution in [0.1, 0.15) is 82.6 Å². The largest absolute Gasteiger partial charge is 0.298 e. The van der Waals surface area contributed by atoms with Gasteiger partial charge in [0.05, 0.1) is 0 Å². The minimum Gasteiger partial charge on any atom is -0.298 e. The molecule has 0 aliphatic heterocycles. The lowest BCUT2D eigenvalue weighted by Gasteiger charge is -1.94. The second-order valence-corrected chi connectivity index (χ2v) is 3.45. The molecule has 0 N–H and O–H groups in total. The zero-order chi connectivity index (χ0) is 14.9. The van der Waals surface area contributed by atoms with E-state index in [4.69, 9.17) is 0 Å². The highest BCUT2D eigenvalue weighted by Crippen LogP contribution is 2.50. The van der Waals surface area contributed by atoms with Crippen LogP contribution in [0.4, 0.5) is 0 Å². The Labute approximate surface area is 112 Å². The van der Waals surface area contributed by atoms with E-state index in [1.54, 1.807) is 0 Å². The van der Waals surface area contributed by atoms with Crippen LogP contribution in [0.15, 0.2) is 4.99 Å². The van der Waals surface area contributed by atoms with Crippen LogP contribution in [0.3, 0.4) is 0 Å². The first-order valence-corrected chi connectivity index (χ1v) is 7.67. The molecule has 108 valence electrons. The van der Waals surface area contributed by atoms with Gasteiger partial charge in [0.1, 0.15) is 0 Å². The number of hydrogen-bond donors (Lipinski definition) is 0. The fourth-order valence-electron chi connectivity index (χ4n) is 0.995. The van der Waals surface area contributed by atoms with Gasteiger partial charge in [-0.1, -0.05) is 69.2 Å². The lowest BCUT2D eigenvalue weighted by Crippen LogP contribution is -1.90. The molecule has 1 nitrogen and oxygen atoms in total. The first-order chi connectivity index (χ1) is 8.17. The minimum atomic E-state index is 0.568. The van der Waals surface area contributed by atoms with Crippen molar-refractivity contribution in [3.63, 3.8) is 0 Å². The zero-order valence-corrected chi connectivity index (χ0v) is 14.5. The molecule has 1 rings (SSSR count). The van der Waals surface area contributed by atoms with Crippen LogP contribution in [0.5, 0.6) is 0 Å². The lowest BCUT2D eigenvalue weighted by atomic mass is 10.1. The number of aliphatic imine (C=N–C) groups is 1. The fourth-order valence-corrected chi connectivity index (χ4v) is 0.995. The Bertz CT molecular complexity index is 125. The summed E-state index contributed by atoms with van der Waals surface area (Å²) in [6, 6.07) is 0. The highest BCUT2D eigenvalue weighted by atomic mass is 14.7. The number of nitrogens with zero attached hydrogens (tertiary/aromatic N) is 1. The Balaban J connectivity index is -0.0000000905. The van der Waals surface area contributed by atoms with Gasteiger partial charge in [-0.05, 0) is 24.7 Å². The summed E-state index contributed by atoms with van der Waals surface area (Å²) >= 11 is 0. The molecule has 0 aromatic carbocycles. The second-order valence-electron chi connectivity index (χ2n) is 3.45. The van der Waals surface area contributed by atoms with Crippen molar-refractivity contribution in [1.29, 1.82) is 0 Å². The summed E-state index contributed by atoms with van der Waals surface area (Å²) in [7, 11) is 0. The van der Waals surface area contributed by atoms with Gasteiger partial charge in [0.2, 0.25) is 0 Å². The first kappa shape index (κ1) is 25.5. The molecule has 0 saturated heterocycles. The summed E-state index contributed by atoms with van der Waals surface area (Å²) in [6.45, 7) is 23.6. The third-order valence-electron chi connectivity index (χ3n) is 2.06. The molecular formula is C16H39N. The highest BCUT2D eigenvalue weighted by Gasteiger charge is 2.43. The first-order valence-electron chi connectivity index (χ1n) is 7.67. The molecule has 0 spiro atoms. The van der Waals surface area contributed by atoms with Crippen LogP contribution in [-0.4, -0.2) is 12.8 Å². The van der Waals surface area contributed by atoms with Crippen LogP contribution >= 0.6 is 0 Å². The summed E-state index contributed by atoms with van der Waals surface area (Å²) in [5.74, 6) is 0.775. The van der Waals surface area contributed by atoms with Gasteiger partial charge in [0, 0.05) is 12.8 Å². The maximum atomic E-state index is 4.20. The van der Waals surface area contributed by atoms with Crippen LogP contribution in [0.2, 0.25) is 0 Å². The van der Waals surface area contributed by atoms with E-state index in [-0.39, 0.29) is 0 Å². The molecule has 0 radical (unpaired) electrons. The zero-order valence-electron chi connectivity index (χ0n) is 14.5. The molecule has 0 amide bonds. The Morgan fingerprint density at radius 2 is 1.24 bits per heavy atom. The van der Waals surface area contributed by atoms with E-state index in [0.717, 1.165) is 12.5 Å². The van der Waals surface area contributed by atoms with Crippen molar-refractivity contribution in [2.45, 2.75) is 82.6 Å². The molecule has 0 aromatic heterocycles. The van der Waals surface area contributed by atoms with Crippen LogP contribution in [0, 0.1) is 11.3 Å². The van der Waals surface area contributed by atoms with Crippen LogP contribution < -0.4 is 0 Å². The Kier molecular flexibility index (Phi) is 31.5. The molecule has 1 aliphatic carbocycles. The maximum Gasteiger partial charge on any atom is 0.0357 e. The number of hydrogen-bond acceptors (Lipinski definition) is 1. The maximum absolute atomic E-state index is 4.20. The van der Waals surface area contributed by atoms with Gasteiger partial charge in [-0.2, -0.15) is 0 Å². The van der Waals surface area contributed by atoms with E-state index in [9.17, 15) is 0 Å². The summed E-state index contributed by atoms with van der Waals surface area (Å²) < 4.78 is 0. The standard InChI is InChI=1S/C8H15N.4C2H6/c1-4-9-6-7-5-8(7,2)3;4*1-2/h6-7H,4-5H2,1-3H3;4*1-2H3. The predicted octanol–water partition coefficient (Wildman–Crippen LogP) is 6.23. The van der Waals surface area contributed by atoms with Crippen molar-refractivity contribution in [2.75, 3.05) is 6.54 Å². The second kappa shape index (κ2) is 21.0. The van der Waals surface area contributed by atoms with E-state index in [1.165, 1.54) is 6.42 Å². The molecule has 1 heteroatoms. The minimum absolute atomic E-state index is 0.568. The van der Waals surface area contributed by atoms with Gasteiger partial charge < -0.3 is 0 Å². The fraction of sp³-hybridized carbons (Fsp3) is 0.938. The molecule has 17 heavy (non-hydrogen) atoms. The molecule has 1 aliphatic rings. The third-order valence-corrected chi connectivity index (χ3v) is 2.06. The normalized spacial score (nSPS) is 17.9. The van der Waals surface area contributed by atoms with Gasteiger partial charge in [-0.3, -0.25) is 4.99 Å². The van der Waals surface area contributed by atoms with E-state index < -0.39 is 0 Å². The molecule has 0 bridgehead atoms. The smallest absolute Gasteiger partial charge is 0.0357 e. The summed E-state index contributed by atoms with van der Waals surface area (Å²) in [6.07, 6.45) is 3.44. The van der Waals surface area contributed by atoms with Crippen molar-refractivity contribution in [1.82, 2.24) is 0 Å². The summed E-state index contributed by atoms with van der Waals surface area (Å²) in [5, 5.41) is 0. The van der Waals surface area contributed by atoms with Gasteiger partial charge in [-0.25, -0.2) is 0 Å². The van der Waals surface area contributed by atoms with Crippen LogP contribution in [0.25, 0.3) is 0 Å². The van der Waals surface area contributed by atoms with Crippen molar-refractivity contribution in [3.8, 4) is 0 Å². The molecular weight excluding hydrogens is 206 g/mol. The van der Waals surface area contributed by atoms with Gasteiger partial charge >= 0.3 is 0 Å². The van der Waals surface area contributed by atoms with Crippen molar-refractivity contribution < 1.29 is 0 Å². The number of rotatable bonds is 2. The Hall–Kier alpha value is -0.330. The van der Waals surface area contributed by atoms with Crippen molar-refractivity contribution >= 4 is 6.21 Å². The lowest BCUT2D eigenvalue weighted by molar-refractivity contribution is 0.624. The van der Waals surface area contributed by atoms with Gasteiger partial charge in [0.25, 0.3) is 0 Å². The Morgan fingerprint density at radius 3 is 1.41 bits per heavy atom. The SMILES string of the molecule is CC.CC.CC.CC.CCN=CC1CC1(C)C. The molecule has 1 unspecified atom stereocenters. The van der Waals surface area contributed by atoms with Crippen molar-refractivity contribution in [2.24, 2.45) is 16.3 Å². The quantitative estimate of drug-likeness (QED) is 0.511. The van der Waals surface area contributed by atoms with E-state index in [1.807, 2.05) is 55.4 Å². The molecule has 1 saturated carbocycles. The third kappa shape index (κ3) is 18.2. The summed E-state index contributed by atoms with van der Waals surface area (Å²) in [4.78, 5) is 4.20. The monoisotopic (exact) mass is 245 g/mol. The Morgan fingerprint density at radius 1 is 0.941 bits per heavy atom. The average Bonchev–Trinajstić information content (AvgIpc) is 3.04. The van der Waals surface area contributed by atoms with E-state index in [2.05, 4.69) is 32.0 Å². The van der Waals surface area contributed by atoms with E-state index in [0.29, 0.717) is 5.41 Å². The van der Waals surface area contributed by atoms with Gasteiger partial charge in [0.15, 0.2) is 0 Å². The van der Waals surface area contributed by atoms with Gasteiger partial charge in [-0.15, -0.1) is 0 Å². The summed E-state index contributed by atoms with van der Waals surface area (Å²) in [5.41, 5.74) is 0.568. The predicted molar refractivity (Wildman–Crippen MR) is 86.3 cm³/mol. The molecule has 0 aromatic rings. The van der Waals surface area contributed by atoms with Crippen LogP contribution in [-0.2, 0) is 0 Å². The van der Waals surface area contributed by atoms with Crippen molar-refractivity contribution in [3.05, 3.63) is 0 Å². The average molecular weight is 245 g/mol. The molecule has 1 atom stereocenters. The topological polar surface area (TPSA) is 12.4 Å². The molecule has 1 fully saturated rings. The molecule has 0 heterocycles.